The van der Waals surface area contributed by atoms with Crippen LogP contribution in [0.25, 0.3) is 0 Å². The Hall–Kier alpha value is 0.270. The lowest BCUT2D eigenvalue weighted by molar-refractivity contribution is -0.00358. The molecule has 3 heteroatoms. The van der Waals surface area contributed by atoms with E-state index in [1.807, 2.05) is 13.8 Å². The summed E-state index contributed by atoms with van der Waals surface area (Å²) in [6.45, 7) is 6.04. The maximum atomic E-state index is 9.82. The summed E-state index contributed by atoms with van der Waals surface area (Å²) in [6.07, 6.45) is 4.49. The Kier molecular flexibility index (Phi) is 3.44. The Balaban J connectivity index is 2.46. The van der Waals surface area contributed by atoms with Crippen molar-refractivity contribution in [3.63, 3.8) is 0 Å². The van der Waals surface area contributed by atoms with Gasteiger partial charge in [0.25, 0.3) is 0 Å². The quantitative estimate of drug-likeness (QED) is 0.669. The van der Waals surface area contributed by atoms with Crippen molar-refractivity contribution in [3.05, 3.63) is 0 Å². The molecule has 1 fully saturated rings. The van der Waals surface area contributed by atoms with Gasteiger partial charge in [-0.1, -0.05) is 11.9 Å². The maximum Gasteiger partial charge on any atom is 0.0632 e. The minimum atomic E-state index is -0.506. The van der Waals surface area contributed by atoms with Gasteiger partial charge >= 0.3 is 0 Å². The number of hydrogen-bond donors (Lipinski definition) is 1. The van der Waals surface area contributed by atoms with Crippen LogP contribution in [0.3, 0.4) is 0 Å². The monoisotopic (exact) mass is 189 g/mol. The van der Waals surface area contributed by atoms with Crippen LogP contribution in [0.15, 0.2) is 0 Å². The molecule has 1 saturated heterocycles. The number of aliphatic hydroxyl groups is 1. The third kappa shape index (κ3) is 2.64. The maximum absolute atomic E-state index is 9.82. The Morgan fingerprint density at radius 3 is 2.67 bits per heavy atom. The summed E-state index contributed by atoms with van der Waals surface area (Å²) in [7, 11) is 0. The molecule has 0 aliphatic carbocycles. The van der Waals surface area contributed by atoms with Crippen molar-refractivity contribution in [1.29, 1.82) is 0 Å². The summed E-state index contributed by atoms with van der Waals surface area (Å²) in [5.74, 6) is 0.443. The van der Waals surface area contributed by atoms with Gasteiger partial charge in [-0.2, -0.15) is 0 Å². The third-order valence-electron chi connectivity index (χ3n) is 2.64. The van der Waals surface area contributed by atoms with Crippen LogP contribution in [0, 0.1) is 5.92 Å². The largest absolute Gasteiger partial charge is 0.390 e. The lowest BCUT2D eigenvalue weighted by atomic mass is 9.85. The van der Waals surface area contributed by atoms with E-state index in [-0.39, 0.29) is 0 Å². The van der Waals surface area contributed by atoms with Gasteiger partial charge in [0.2, 0.25) is 0 Å². The summed E-state index contributed by atoms with van der Waals surface area (Å²) < 4.78 is 2.34. The number of rotatable bonds is 2. The van der Waals surface area contributed by atoms with E-state index in [0.29, 0.717) is 5.92 Å². The highest BCUT2D eigenvalue weighted by Gasteiger charge is 2.30. The minimum Gasteiger partial charge on any atom is -0.390 e. The van der Waals surface area contributed by atoms with E-state index >= 15 is 0 Å². The first-order chi connectivity index (χ1) is 5.54. The van der Waals surface area contributed by atoms with Crippen LogP contribution < -0.4 is 0 Å². The van der Waals surface area contributed by atoms with E-state index in [2.05, 4.69) is 10.6 Å². The average Bonchev–Trinajstić information content (AvgIpc) is 2.03. The van der Waals surface area contributed by atoms with E-state index in [0.717, 1.165) is 6.54 Å². The first-order valence-corrected chi connectivity index (χ1v) is 5.73. The van der Waals surface area contributed by atoms with Crippen molar-refractivity contribution in [2.24, 2.45) is 5.92 Å². The van der Waals surface area contributed by atoms with Gasteiger partial charge in [-0.05, 0) is 32.9 Å². The zero-order chi connectivity index (χ0) is 9.19. The van der Waals surface area contributed by atoms with Crippen LogP contribution in [0.4, 0.5) is 0 Å². The fourth-order valence-corrected chi connectivity index (χ4v) is 2.33. The Bertz CT molecular complexity index is 144. The molecule has 2 nitrogen and oxygen atoms in total. The molecule has 0 saturated carbocycles. The second-order valence-corrected chi connectivity index (χ2v) is 4.94. The van der Waals surface area contributed by atoms with Crippen LogP contribution >= 0.6 is 11.9 Å². The highest BCUT2D eigenvalue weighted by molar-refractivity contribution is 7.96. The predicted octanol–water partition coefficient (Wildman–Crippen LogP) is 1.75. The lowest BCUT2D eigenvalue weighted by Gasteiger charge is -2.37. The van der Waals surface area contributed by atoms with Crippen LogP contribution in [0.1, 0.15) is 26.7 Å². The second-order valence-electron chi connectivity index (χ2n) is 4.06. The van der Waals surface area contributed by atoms with Gasteiger partial charge in [0.05, 0.1) is 5.60 Å². The normalized spacial score (nSPS) is 27.5. The predicted molar refractivity (Wildman–Crippen MR) is 54.1 cm³/mol. The summed E-state index contributed by atoms with van der Waals surface area (Å²) in [6, 6.07) is 0. The van der Waals surface area contributed by atoms with Crippen molar-refractivity contribution in [3.8, 4) is 0 Å². The smallest absolute Gasteiger partial charge is 0.0632 e. The summed E-state index contributed by atoms with van der Waals surface area (Å²) in [4.78, 5) is 0. The Morgan fingerprint density at radius 2 is 2.17 bits per heavy atom. The van der Waals surface area contributed by atoms with Gasteiger partial charge in [-0.25, -0.2) is 0 Å². The summed E-state index contributed by atoms with van der Waals surface area (Å²) >= 11 is 1.79. The summed E-state index contributed by atoms with van der Waals surface area (Å²) in [5, 5.41) is 9.82. The zero-order valence-corrected chi connectivity index (χ0v) is 9.02. The first kappa shape index (κ1) is 10.4. The molecule has 1 aliphatic rings. The molecule has 12 heavy (non-hydrogen) atoms. The first-order valence-electron chi connectivity index (χ1n) is 4.55. The minimum absolute atomic E-state index is 0.443. The summed E-state index contributed by atoms with van der Waals surface area (Å²) in [5.41, 5.74) is -0.506. The van der Waals surface area contributed by atoms with Gasteiger partial charge in [0.15, 0.2) is 0 Å². The molecular weight excluding hydrogens is 170 g/mol. The molecule has 1 N–H and O–H groups in total. The molecule has 0 amide bonds. The molecule has 0 unspecified atom stereocenters. The molecule has 0 spiro atoms. The SMILES string of the molecule is CSN1CCC[C@H](C(C)(C)O)C1. The molecule has 0 aromatic carbocycles. The van der Waals surface area contributed by atoms with Crippen molar-refractivity contribution < 1.29 is 5.11 Å². The van der Waals surface area contributed by atoms with Gasteiger partial charge in [0, 0.05) is 19.0 Å². The number of piperidine rings is 1. The molecule has 0 aromatic heterocycles. The Labute approximate surface area is 79.5 Å². The molecule has 1 aliphatic heterocycles. The molecule has 0 aromatic rings. The zero-order valence-electron chi connectivity index (χ0n) is 8.21. The highest BCUT2D eigenvalue weighted by Crippen LogP contribution is 2.28. The highest BCUT2D eigenvalue weighted by atomic mass is 32.2. The van der Waals surface area contributed by atoms with Gasteiger partial charge in [-0.15, -0.1) is 0 Å². The van der Waals surface area contributed by atoms with Crippen molar-refractivity contribution >= 4 is 11.9 Å². The van der Waals surface area contributed by atoms with Crippen LogP contribution in [-0.2, 0) is 0 Å². The van der Waals surface area contributed by atoms with Crippen LogP contribution in [0.5, 0.6) is 0 Å². The van der Waals surface area contributed by atoms with E-state index in [1.54, 1.807) is 11.9 Å². The molecule has 72 valence electrons. The van der Waals surface area contributed by atoms with E-state index in [1.165, 1.54) is 19.4 Å². The van der Waals surface area contributed by atoms with Crippen LogP contribution in [-0.4, -0.2) is 34.4 Å². The van der Waals surface area contributed by atoms with Crippen molar-refractivity contribution in [2.45, 2.75) is 32.3 Å². The molecule has 1 atom stereocenters. The van der Waals surface area contributed by atoms with Gasteiger partial charge in [0.1, 0.15) is 0 Å². The van der Waals surface area contributed by atoms with Crippen LogP contribution in [0.2, 0.25) is 0 Å². The fourth-order valence-electron chi connectivity index (χ4n) is 1.68. The van der Waals surface area contributed by atoms with Gasteiger partial charge in [-0.3, -0.25) is 4.31 Å². The second kappa shape index (κ2) is 3.99. The van der Waals surface area contributed by atoms with Crippen molar-refractivity contribution in [1.82, 2.24) is 4.31 Å². The molecule has 1 heterocycles. The topological polar surface area (TPSA) is 23.5 Å². The lowest BCUT2D eigenvalue weighted by Crippen LogP contribution is -2.42. The standard InChI is InChI=1S/C9H19NOS/c1-9(2,11)8-5-4-6-10(7-8)12-3/h8,11H,4-7H2,1-3H3/t8-/m0/s1. The van der Waals surface area contributed by atoms with E-state index in [9.17, 15) is 5.11 Å². The average molecular weight is 189 g/mol. The molecule has 1 rings (SSSR count). The van der Waals surface area contributed by atoms with Gasteiger partial charge < -0.3 is 5.11 Å². The van der Waals surface area contributed by atoms with E-state index < -0.39 is 5.60 Å². The molecule has 0 radical (unpaired) electrons. The third-order valence-corrected chi connectivity index (χ3v) is 3.49. The Morgan fingerprint density at radius 1 is 1.50 bits per heavy atom. The van der Waals surface area contributed by atoms with E-state index in [4.69, 9.17) is 0 Å². The number of nitrogens with zero attached hydrogens (tertiary/aromatic N) is 1. The number of hydrogen-bond acceptors (Lipinski definition) is 3. The molecule has 0 bridgehead atoms. The van der Waals surface area contributed by atoms with Crippen molar-refractivity contribution in [2.75, 3.05) is 19.3 Å². The molecular formula is C9H19NOS. The fraction of sp³-hybridized carbons (Fsp3) is 1.00.